The maximum absolute atomic E-state index is 13.2. The minimum Gasteiger partial charge on any atom is -0.303 e. The first-order valence-electron chi connectivity index (χ1n) is 8.44. The standard InChI is InChI=1S/C20H25N2O/c1-5-17-11-10-14(2)21(13-17)16(4)20(23)22-15(3)12-18-8-6-7-9-19(18)22/h6-11,13,15-16H,5,12H2,1-4H3/q+1/t15-,16+/m0/s1. The number of rotatable bonds is 3. The van der Waals surface area contributed by atoms with Gasteiger partial charge in [0.2, 0.25) is 6.04 Å². The zero-order valence-corrected chi connectivity index (χ0v) is 14.4. The van der Waals surface area contributed by atoms with Crippen LogP contribution in [0.15, 0.2) is 42.6 Å². The number of para-hydroxylation sites is 1. The van der Waals surface area contributed by atoms with E-state index in [1.165, 1.54) is 11.1 Å². The maximum Gasteiger partial charge on any atom is 0.296 e. The fourth-order valence-electron chi connectivity index (χ4n) is 3.49. The van der Waals surface area contributed by atoms with Crippen molar-refractivity contribution < 1.29 is 9.36 Å². The molecule has 23 heavy (non-hydrogen) atoms. The molecule has 2 heterocycles. The highest BCUT2D eigenvalue weighted by Gasteiger charge is 2.37. The first-order chi connectivity index (χ1) is 11.0. The molecule has 2 aromatic rings. The summed E-state index contributed by atoms with van der Waals surface area (Å²) in [6.45, 7) is 8.33. The molecule has 3 rings (SSSR count). The summed E-state index contributed by atoms with van der Waals surface area (Å²) in [5.74, 6) is 0.170. The summed E-state index contributed by atoms with van der Waals surface area (Å²) in [5, 5.41) is 0. The Kier molecular flexibility index (Phi) is 4.20. The Balaban J connectivity index is 1.94. The highest BCUT2D eigenvalue weighted by Crippen LogP contribution is 2.33. The van der Waals surface area contributed by atoms with Crippen molar-refractivity contribution in [1.29, 1.82) is 0 Å². The second-order valence-corrected chi connectivity index (χ2v) is 6.51. The first kappa shape index (κ1) is 15.7. The Morgan fingerprint density at radius 1 is 1.30 bits per heavy atom. The van der Waals surface area contributed by atoms with E-state index in [0.29, 0.717) is 0 Å². The van der Waals surface area contributed by atoms with Crippen LogP contribution in [-0.2, 0) is 17.6 Å². The number of pyridine rings is 1. The van der Waals surface area contributed by atoms with E-state index in [9.17, 15) is 4.79 Å². The van der Waals surface area contributed by atoms with Gasteiger partial charge in [-0.15, -0.1) is 0 Å². The number of amides is 1. The summed E-state index contributed by atoms with van der Waals surface area (Å²) in [6.07, 6.45) is 4.03. The van der Waals surface area contributed by atoms with Gasteiger partial charge in [0, 0.05) is 37.2 Å². The molecule has 3 heteroatoms. The molecule has 3 nitrogen and oxygen atoms in total. The summed E-state index contributed by atoms with van der Waals surface area (Å²) >= 11 is 0. The molecule has 0 bridgehead atoms. The second-order valence-electron chi connectivity index (χ2n) is 6.51. The van der Waals surface area contributed by atoms with Gasteiger partial charge in [-0.2, -0.15) is 4.57 Å². The van der Waals surface area contributed by atoms with Gasteiger partial charge in [0.15, 0.2) is 11.9 Å². The van der Waals surface area contributed by atoms with Gasteiger partial charge < -0.3 is 4.90 Å². The third-order valence-corrected chi connectivity index (χ3v) is 4.88. The van der Waals surface area contributed by atoms with Crippen molar-refractivity contribution in [2.45, 2.75) is 52.6 Å². The van der Waals surface area contributed by atoms with Crippen LogP contribution in [-0.4, -0.2) is 11.9 Å². The normalized spacial score (nSPS) is 17.9. The Hall–Kier alpha value is -2.16. The molecule has 1 amide bonds. The molecule has 1 aromatic heterocycles. The van der Waals surface area contributed by atoms with Crippen molar-refractivity contribution >= 4 is 11.6 Å². The van der Waals surface area contributed by atoms with Crippen LogP contribution >= 0.6 is 0 Å². The van der Waals surface area contributed by atoms with E-state index >= 15 is 0 Å². The molecule has 120 valence electrons. The number of fused-ring (bicyclic) bond motifs is 1. The number of hydrogen-bond donors (Lipinski definition) is 0. The molecule has 0 unspecified atom stereocenters. The van der Waals surface area contributed by atoms with E-state index in [0.717, 1.165) is 24.2 Å². The minimum atomic E-state index is -0.199. The van der Waals surface area contributed by atoms with Crippen molar-refractivity contribution in [3.05, 3.63) is 59.4 Å². The van der Waals surface area contributed by atoms with Crippen LogP contribution in [0.2, 0.25) is 0 Å². The fourth-order valence-corrected chi connectivity index (χ4v) is 3.49. The van der Waals surface area contributed by atoms with Crippen LogP contribution in [0.1, 0.15) is 43.6 Å². The predicted octanol–water partition coefficient (Wildman–Crippen LogP) is 3.38. The van der Waals surface area contributed by atoms with Gasteiger partial charge in [0.1, 0.15) is 0 Å². The van der Waals surface area contributed by atoms with E-state index < -0.39 is 0 Å². The number of aryl methyl sites for hydroxylation is 2. The van der Waals surface area contributed by atoms with Gasteiger partial charge in [0.05, 0.1) is 0 Å². The van der Waals surface area contributed by atoms with E-state index in [4.69, 9.17) is 0 Å². The lowest BCUT2D eigenvalue weighted by atomic mass is 10.1. The highest BCUT2D eigenvalue weighted by molar-refractivity contribution is 5.97. The smallest absolute Gasteiger partial charge is 0.296 e. The summed E-state index contributed by atoms with van der Waals surface area (Å²) in [6, 6.07) is 12.5. The van der Waals surface area contributed by atoms with Crippen molar-refractivity contribution in [1.82, 2.24) is 0 Å². The zero-order valence-electron chi connectivity index (χ0n) is 14.4. The van der Waals surface area contributed by atoms with Crippen molar-refractivity contribution in [3.8, 4) is 0 Å². The Bertz CT molecular complexity index is 738. The van der Waals surface area contributed by atoms with Crippen molar-refractivity contribution in [2.75, 3.05) is 4.90 Å². The highest BCUT2D eigenvalue weighted by atomic mass is 16.2. The number of carbonyl (C=O) groups is 1. The van der Waals surface area contributed by atoms with Gasteiger partial charge in [0.25, 0.3) is 5.91 Å². The lowest BCUT2D eigenvalue weighted by Gasteiger charge is -2.24. The molecule has 0 radical (unpaired) electrons. The lowest BCUT2D eigenvalue weighted by molar-refractivity contribution is -0.711. The SMILES string of the molecule is CCc1ccc(C)[n+]([C@H](C)C(=O)N2c3ccccc3C[C@@H]2C)c1. The number of carbonyl (C=O) groups excluding carboxylic acids is 1. The van der Waals surface area contributed by atoms with Gasteiger partial charge in [-0.1, -0.05) is 25.1 Å². The van der Waals surface area contributed by atoms with E-state index in [1.54, 1.807) is 0 Å². The van der Waals surface area contributed by atoms with Crippen LogP contribution in [0.5, 0.6) is 0 Å². The molecule has 0 saturated heterocycles. The second kappa shape index (κ2) is 6.15. The van der Waals surface area contributed by atoms with Gasteiger partial charge >= 0.3 is 0 Å². The molecule has 0 spiro atoms. The molecule has 0 saturated carbocycles. The molecule has 0 fully saturated rings. The first-order valence-corrected chi connectivity index (χ1v) is 8.44. The molecular formula is C20H25N2O+. The molecule has 2 atom stereocenters. The average molecular weight is 309 g/mol. The predicted molar refractivity (Wildman–Crippen MR) is 92.6 cm³/mol. The number of nitrogens with zero attached hydrogens (tertiary/aromatic N) is 2. The molecule has 1 aliphatic heterocycles. The number of aromatic nitrogens is 1. The summed E-state index contributed by atoms with van der Waals surface area (Å²) in [7, 11) is 0. The quantitative estimate of drug-likeness (QED) is 0.798. The summed E-state index contributed by atoms with van der Waals surface area (Å²) < 4.78 is 2.11. The maximum atomic E-state index is 13.2. The van der Waals surface area contributed by atoms with Crippen LogP contribution in [0, 0.1) is 6.92 Å². The van der Waals surface area contributed by atoms with Crippen LogP contribution < -0.4 is 9.47 Å². The topological polar surface area (TPSA) is 24.2 Å². The number of hydrogen-bond acceptors (Lipinski definition) is 1. The van der Waals surface area contributed by atoms with Crippen LogP contribution in [0.25, 0.3) is 0 Å². The lowest BCUT2D eigenvalue weighted by Crippen LogP contribution is -2.51. The molecule has 1 aliphatic rings. The number of anilines is 1. The fraction of sp³-hybridized carbons (Fsp3) is 0.400. The summed E-state index contributed by atoms with van der Waals surface area (Å²) in [5.41, 5.74) is 4.71. The molecular weight excluding hydrogens is 284 g/mol. The Labute approximate surface area is 138 Å². The third-order valence-electron chi connectivity index (χ3n) is 4.88. The monoisotopic (exact) mass is 309 g/mol. The molecule has 0 aliphatic carbocycles. The minimum absolute atomic E-state index is 0.170. The largest absolute Gasteiger partial charge is 0.303 e. The van der Waals surface area contributed by atoms with Gasteiger partial charge in [-0.05, 0) is 37.5 Å². The van der Waals surface area contributed by atoms with Gasteiger partial charge in [-0.25, -0.2) is 0 Å². The van der Waals surface area contributed by atoms with Crippen molar-refractivity contribution in [2.24, 2.45) is 0 Å². The van der Waals surface area contributed by atoms with Crippen molar-refractivity contribution in [3.63, 3.8) is 0 Å². The van der Waals surface area contributed by atoms with Crippen LogP contribution in [0.3, 0.4) is 0 Å². The third kappa shape index (κ3) is 2.76. The summed E-state index contributed by atoms with van der Waals surface area (Å²) in [4.78, 5) is 15.2. The van der Waals surface area contributed by atoms with E-state index in [1.807, 2.05) is 24.0 Å². The molecule has 0 N–H and O–H groups in total. The number of benzene rings is 1. The van der Waals surface area contributed by atoms with Gasteiger partial charge in [-0.3, -0.25) is 4.79 Å². The van der Waals surface area contributed by atoms with E-state index in [2.05, 4.69) is 55.8 Å². The average Bonchev–Trinajstić information content (AvgIpc) is 2.89. The zero-order chi connectivity index (χ0) is 16.6. The Morgan fingerprint density at radius 2 is 2.04 bits per heavy atom. The Morgan fingerprint density at radius 3 is 2.78 bits per heavy atom. The molecule has 1 aromatic carbocycles. The van der Waals surface area contributed by atoms with E-state index in [-0.39, 0.29) is 18.0 Å². The van der Waals surface area contributed by atoms with Crippen LogP contribution in [0.4, 0.5) is 5.69 Å².